The van der Waals surface area contributed by atoms with E-state index in [-0.39, 0.29) is 36.7 Å². The summed E-state index contributed by atoms with van der Waals surface area (Å²) in [4.78, 5) is 42.8. The molecule has 0 atom stereocenters. The van der Waals surface area contributed by atoms with Crippen LogP contribution in [0.5, 0.6) is 0 Å². The quantitative estimate of drug-likeness (QED) is 0.0619. The third-order valence-electron chi connectivity index (χ3n) is 6.33. The van der Waals surface area contributed by atoms with Crippen LogP contribution in [0.1, 0.15) is 50.7 Å². The molecule has 11 nitrogen and oxygen atoms in total. The number of carbonyl (C=O) groups excluding carboxylic acids is 2. The molecule has 0 radical (unpaired) electrons. The molecule has 0 N–H and O–H groups in total. The van der Waals surface area contributed by atoms with E-state index >= 15 is 0 Å². The van der Waals surface area contributed by atoms with E-state index in [1.807, 2.05) is 19.9 Å². The lowest BCUT2D eigenvalue weighted by Gasteiger charge is -2.19. The van der Waals surface area contributed by atoms with Gasteiger partial charge in [0.1, 0.15) is 13.2 Å². The van der Waals surface area contributed by atoms with E-state index in [9.17, 15) is 28.1 Å². The van der Waals surface area contributed by atoms with Crippen molar-refractivity contribution in [1.82, 2.24) is 4.90 Å². The van der Waals surface area contributed by atoms with E-state index in [2.05, 4.69) is 9.74 Å². The van der Waals surface area contributed by atoms with Gasteiger partial charge in [-0.05, 0) is 49.2 Å². The zero-order valence-corrected chi connectivity index (χ0v) is 24.6. The van der Waals surface area contributed by atoms with E-state index in [1.54, 1.807) is 36.4 Å². The summed E-state index contributed by atoms with van der Waals surface area (Å²) >= 11 is 0. The van der Waals surface area contributed by atoms with Gasteiger partial charge < -0.3 is 19.2 Å². The van der Waals surface area contributed by atoms with Crippen molar-refractivity contribution in [3.8, 4) is 0 Å². The van der Waals surface area contributed by atoms with Gasteiger partial charge in [-0.2, -0.15) is 0 Å². The van der Waals surface area contributed by atoms with Crippen molar-refractivity contribution in [2.75, 3.05) is 45.7 Å². The molecule has 2 rings (SSSR count). The van der Waals surface area contributed by atoms with Crippen LogP contribution in [-0.4, -0.2) is 76.1 Å². The summed E-state index contributed by atoms with van der Waals surface area (Å²) in [7, 11) is -3.45. The number of esters is 2. The molecule has 0 saturated heterocycles. The Bertz CT molecular complexity index is 1270. The number of hydrogen-bond acceptors (Lipinski definition) is 10. The second-order valence-corrected chi connectivity index (χ2v) is 11.2. The summed E-state index contributed by atoms with van der Waals surface area (Å²) in [5, 5.41) is 9.38. The molecule has 0 spiro atoms. The van der Waals surface area contributed by atoms with Crippen LogP contribution in [0.4, 0.5) is 0 Å². The van der Waals surface area contributed by atoms with E-state index in [1.165, 1.54) is 12.1 Å². The van der Waals surface area contributed by atoms with Crippen molar-refractivity contribution in [1.29, 1.82) is 0 Å². The predicted molar refractivity (Wildman–Crippen MR) is 154 cm³/mol. The highest BCUT2D eigenvalue weighted by Gasteiger charge is 2.22. The number of sulfone groups is 1. The Morgan fingerprint density at radius 3 is 2.12 bits per heavy atom. The number of hydrogen-bond donors (Lipinski definition) is 0. The first-order valence-electron chi connectivity index (χ1n) is 13.5. The summed E-state index contributed by atoms with van der Waals surface area (Å²) in [6.45, 7) is 6.09. The minimum Gasteiger partial charge on any atom is -0.461 e. The maximum atomic E-state index is 13.5. The molecule has 0 heterocycles. The lowest BCUT2D eigenvalue weighted by atomic mass is 9.95. The largest absolute Gasteiger partial charge is 0.461 e. The Kier molecular flexibility index (Phi) is 14.0. The van der Waals surface area contributed by atoms with Gasteiger partial charge in [-0.25, -0.2) is 13.2 Å². The molecule has 2 aromatic carbocycles. The third-order valence-corrected chi connectivity index (χ3v) is 7.46. The molecule has 0 aliphatic rings. The third kappa shape index (κ3) is 11.7. The zero-order chi connectivity index (χ0) is 30.3. The summed E-state index contributed by atoms with van der Waals surface area (Å²) in [6, 6.07) is 14.9. The molecule has 224 valence electrons. The van der Waals surface area contributed by atoms with Crippen LogP contribution < -0.4 is 0 Å². The molecule has 0 saturated carbocycles. The van der Waals surface area contributed by atoms with Gasteiger partial charge in [0, 0.05) is 24.8 Å². The first-order valence-corrected chi connectivity index (χ1v) is 15.4. The molecule has 12 heteroatoms. The maximum absolute atomic E-state index is 13.5. The SMILES string of the molecule is CCN(CC)CCOC(=O)/C(=C(\COC(=O)CCCCCO[N+](=O)[O-])c1ccc(S(C)(=O)=O)cc1)c1ccccc1. The lowest BCUT2D eigenvalue weighted by Crippen LogP contribution is -2.28. The lowest BCUT2D eigenvalue weighted by molar-refractivity contribution is -0.757. The van der Waals surface area contributed by atoms with Gasteiger partial charge in [0.15, 0.2) is 9.84 Å². The van der Waals surface area contributed by atoms with Crippen molar-refractivity contribution in [2.24, 2.45) is 0 Å². The smallest absolute Gasteiger partial charge is 0.339 e. The van der Waals surface area contributed by atoms with Crippen LogP contribution in [0.3, 0.4) is 0 Å². The Morgan fingerprint density at radius 1 is 0.878 bits per heavy atom. The highest BCUT2D eigenvalue weighted by Crippen LogP contribution is 2.29. The highest BCUT2D eigenvalue weighted by molar-refractivity contribution is 7.90. The standard InChI is InChI=1S/C29H38N2O9S/c1-4-30(5-2)19-21-38-29(33)28(24-12-8-6-9-13-24)26(23-15-17-25(18-16-23)41(3,36)37)22-39-27(32)14-10-7-11-20-40-31(34)35/h6,8-9,12-13,15-18H,4-5,7,10-11,14,19-22H2,1-3H3/b28-26+. The number of carbonyl (C=O) groups is 2. The van der Waals surface area contributed by atoms with Crippen LogP contribution >= 0.6 is 0 Å². The Hall–Kier alpha value is -3.77. The number of nitrogens with zero attached hydrogens (tertiary/aromatic N) is 2. The molecule has 0 aliphatic carbocycles. The molecule has 0 aliphatic heterocycles. The van der Waals surface area contributed by atoms with Crippen molar-refractivity contribution < 1.29 is 37.4 Å². The second kappa shape index (κ2) is 17.1. The first-order chi connectivity index (χ1) is 19.6. The van der Waals surface area contributed by atoms with Crippen LogP contribution in [0.15, 0.2) is 59.5 Å². The fraction of sp³-hybridized carbons (Fsp3) is 0.448. The van der Waals surface area contributed by atoms with Gasteiger partial charge in [-0.1, -0.05) is 62.7 Å². The Balaban J connectivity index is 2.35. The summed E-state index contributed by atoms with van der Waals surface area (Å²) in [6.07, 6.45) is 2.58. The predicted octanol–water partition coefficient (Wildman–Crippen LogP) is 4.20. The zero-order valence-electron chi connectivity index (χ0n) is 23.7. The van der Waals surface area contributed by atoms with E-state index in [4.69, 9.17) is 9.47 Å². The summed E-state index contributed by atoms with van der Waals surface area (Å²) in [5.41, 5.74) is 1.64. The number of rotatable bonds is 18. The van der Waals surface area contributed by atoms with E-state index < -0.39 is 26.9 Å². The fourth-order valence-corrected chi connectivity index (χ4v) is 4.65. The van der Waals surface area contributed by atoms with Crippen LogP contribution in [0.2, 0.25) is 0 Å². The Morgan fingerprint density at radius 2 is 1.54 bits per heavy atom. The fourth-order valence-electron chi connectivity index (χ4n) is 4.01. The summed E-state index contributed by atoms with van der Waals surface area (Å²) < 4.78 is 35.3. The number of benzene rings is 2. The average molecular weight is 591 g/mol. The average Bonchev–Trinajstić information content (AvgIpc) is 2.95. The van der Waals surface area contributed by atoms with Crippen molar-refractivity contribution in [3.63, 3.8) is 0 Å². The van der Waals surface area contributed by atoms with Gasteiger partial charge in [-0.3, -0.25) is 4.79 Å². The molecule has 0 bridgehead atoms. The van der Waals surface area contributed by atoms with Crippen LogP contribution in [0, 0.1) is 10.1 Å². The second-order valence-electron chi connectivity index (χ2n) is 9.21. The van der Waals surface area contributed by atoms with E-state index in [0.717, 1.165) is 19.3 Å². The van der Waals surface area contributed by atoms with Crippen molar-refractivity contribution >= 4 is 32.9 Å². The topological polar surface area (TPSA) is 142 Å². The van der Waals surface area contributed by atoms with Gasteiger partial charge in [0.05, 0.1) is 17.1 Å². The highest BCUT2D eigenvalue weighted by atomic mass is 32.2. The molecule has 2 aromatic rings. The molecular weight excluding hydrogens is 552 g/mol. The van der Waals surface area contributed by atoms with Gasteiger partial charge in [0.2, 0.25) is 0 Å². The molecule has 0 amide bonds. The van der Waals surface area contributed by atoms with Gasteiger partial charge >= 0.3 is 11.9 Å². The number of ether oxygens (including phenoxy) is 2. The molecule has 0 fully saturated rings. The molecule has 0 aromatic heterocycles. The molecular formula is C29H38N2O9S. The number of likely N-dealkylation sites (N-methyl/N-ethyl adjacent to an activating group) is 1. The monoisotopic (exact) mass is 590 g/mol. The minimum absolute atomic E-state index is 0.0464. The van der Waals surface area contributed by atoms with E-state index in [0.29, 0.717) is 42.5 Å². The normalized spacial score (nSPS) is 12.0. The molecule has 0 unspecified atom stereocenters. The van der Waals surface area contributed by atoms with Crippen LogP contribution in [0.25, 0.3) is 11.1 Å². The number of unbranched alkanes of at least 4 members (excludes halogenated alkanes) is 2. The molecule has 41 heavy (non-hydrogen) atoms. The van der Waals surface area contributed by atoms with Crippen LogP contribution in [-0.2, 0) is 33.7 Å². The summed E-state index contributed by atoms with van der Waals surface area (Å²) in [5.74, 6) is -1.10. The minimum atomic E-state index is -3.45. The van der Waals surface area contributed by atoms with Gasteiger partial charge in [0.25, 0.3) is 5.09 Å². The van der Waals surface area contributed by atoms with Crippen molar-refractivity contribution in [3.05, 3.63) is 75.8 Å². The van der Waals surface area contributed by atoms with Crippen molar-refractivity contribution in [2.45, 2.75) is 44.4 Å². The first kappa shape index (κ1) is 33.4. The Labute approximate surface area is 241 Å². The van der Waals surface area contributed by atoms with Gasteiger partial charge in [-0.15, -0.1) is 10.1 Å². The maximum Gasteiger partial charge on any atom is 0.339 e.